The summed E-state index contributed by atoms with van der Waals surface area (Å²) in [5.74, 6) is 0.917. The van der Waals surface area contributed by atoms with Crippen LogP contribution in [0.2, 0.25) is 0 Å². The lowest BCUT2D eigenvalue weighted by atomic mass is 9.99. The zero-order valence-corrected chi connectivity index (χ0v) is 17.3. The minimum absolute atomic E-state index is 0.196. The lowest BCUT2D eigenvalue weighted by Crippen LogP contribution is -2.32. The molecule has 154 valence electrons. The molecule has 4 aromatic rings. The monoisotopic (exact) mass is 404 g/mol. The molecular formula is C25H25FN2O2. The summed E-state index contributed by atoms with van der Waals surface area (Å²) in [5.41, 5.74) is 4.19. The maximum Gasteiger partial charge on any atom is 0.175 e. The number of hydrogen-bond donors (Lipinski definition) is 0. The van der Waals surface area contributed by atoms with Crippen LogP contribution in [0.5, 0.6) is 5.75 Å². The summed E-state index contributed by atoms with van der Waals surface area (Å²) in [7, 11) is 1.67. The third kappa shape index (κ3) is 3.29. The molecule has 0 saturated carbocycles. The van der Waals surface area contributed by atoms with Crippen LogP contribution in [0.15, 0.2) is 65.4 Å². The second-order valence-corrected chi connectivity index (χ2v) is 8.02. The molecule has 30 heavy (non-hydrogen) atoms. The van der Waals surface area contributed by atoms with E-state index in [9.17, 15) is 4.39 Å². The van der Waals surface area contributed by atoms with Crippen LogP contribution in [-0.2, 0) is 0 Å². The fourth-order valence-corrected chi connectivity index (χ4v) is 4.52. The van der Waals surface area contributed by atoms with Gasteiger partial charge in [0.25, 0.3) is 0 Å². The van der Waals surface area contributed by atoms with E-state index in [1.165, 1.54) is 17.3 Å². The summed E-state index contributed by atoms with van der Waals surface area (Å²) in [6.07, 6.45) is 7.10. The average Bonchev–Trinajstić information content (AvgIpc) is 3.38. The molecule has 0 N–H and O–H groups in total. The number of methoxy groups -OCH3 is 1. The highest BCUT2D eigenvalue weighted by Gasteiger charge is 2.20. The van der Waals surface area contributed by atoms with Gasteiger partial charge < -0.3 is 13.7 Å². The molecule has 0 bridgehead atoms. The van der Waals surface area contributed by atoms with Crippen LogP contribution in [0.25, 0.3) is 27.6 Å². The third-order valence-electron chi connectivity index (χ3n) is 6.11. The van der Waals surface area contributed by atoms with Crippen molar-refractivity contribution in [1.82, 2.24) is 9.47 Å². The number of furan rings is 1. The van der Waals surface area contributed by atoms with E-state index < -0.39 is 0 Å². The van der Waals surface area contributed by atoms with E-state index in [2.05, 4.69) is 28.5 Å². The first-order chi connectivity index (χ1) is 14.6. The fraction of sp³-hybridized carbons (Fsp3) is 0.280. The Hall–Kier alpha value is -3.05. The topological polar surface area (TPSA) is 30.5 Å². The molecule has 1 aliphatic rings. The summed E-state index contributed by atoms with van der Waals surface area (Å²) in [4.78, 5) is 2.46. The molecular weight excluding hydrogens is 379 g/mol. The largest absolute Gasteiger partial charge is 0.493 e. The molecule has 5 heteroatoms. The Morgan fingerprint density at radius 3 is 2.90 bits per heavy atom. The quantitative estimate of drug-likeness (QED) is 0.416. The SMILES string of the molecule is COc1cccc2c(C(C)CN3CC=C(n4ccc5ccc(F)cc54)CC3)coc12. The van der Waals surface area contributed by atoms with Crippen LogP contribution in [0, 0.1) is 5.82 Å². The first kappa shape index (κ1) is 18.9. The molecule has 0 aliphatic carbocycles. The Morgan fingerprint density at radius 2 is 2.10 bits per heavy atom. The van der Waals surface area contributed by atoms with Crippen LogP contribution in [0.1, 0.15) is 24.8 Å². The zero-order chi connectivity index (χ0) is 20.7. The minimum atomic E-state index is -0.196. The second-order valence-electron chi connectivity index (χ2n) is 8.02. The maximum absolute atomic E-state index is 13.7. The summed E-state index contributed by atoms with van der Waals surface area (Å²) >= 11 is 0. The van der Waals surface area contributed by atoms with E-state index >= 15 is 0 Å². The van der Waals surface area contributed by atoms with Gasteiger partial charge in [-0.25, -0.2) is 4.39 Å². The van der Waals surface area contributed by atoms with Gasteiger partial charge in [-0.1, -0.05) is 25.1 Å². The molecule has 1 atom stereocenters. The normalized spacial score (nSPS) is 16.2. The third-order valence-corrected chi connectivity index (χ3v) is 6.11. The molecule has 0 radical (unpaired) electrons. The fourth-order valence-electron chi connectivity index (χ4n) is 4.52. The van der Waals surface area contributed by atoms with Crippen molar-refractivity contribution < 1.29 is 13.5 Å². The van der Waals surface area contributed by atoms with E-state index in [1.807, 2.05) is 36.7 Å². The van der Waals surface area contributed by atoms with Crippen LogP contribution >= 0.6 is 0 Å². The predicted octanol–water partition coefficient (Wildman–Crippen LogP) is 5.89. The van der Waals surface area contributed by atoms with E-state index in [0.29, 0.717) is 5.92 Å². The Labute approximate surface area is 175 Å². The smallest absolute Gasteiger partial charge is 0.175 e. The van der Waals surface area contributed by atoms with E-state index in [1.54, 1.807) is 13.2 Å². The number of rotatable bonds is 5. The van der Waals surface area contributed by atoms with Crippen molar-refractivity contribution in [2.45, 2.75) is 19.3 Å². The van der Waals surface area contributed by atoms with Crippen molar-refractivity contribution in [3.63, 3.8) is 0 Å². The van der Waals surface area contributed by atoms with Crippen LogP contribution in [0.3, 0.4) is 0 Å². The van der Waals surface area contributed by atoms with Crippen LogP contribution < -0.4 is 4.74 Å². The number of aromatic nitrogens is 1. The summed E-state index contributed by atoms with van der Waals surface area (Å²) in [5, 5.41) is 2.19. The van der Waals surface area contributed by atoms with E-state index in [0.717, 1.165) is 53.7 Å². The van der Waals surface area contributed by atoms with Gasteiger partial charge in [-0.15, -0.1) is 0 Å². The number of fused-ring (bicyclic) bond motifs is 2. The second kappa shape index (κ2) is 7.65. The number of ether oxygens (including phenoxy) is 1. The molecule has 1 aliphatic heterocycles. The van der Waals surface area contributed by atoms with Crippen LogP contribution in [0.4, 0.5) is 4.39 Å². The van der Waals surface area contributed by atoms with Gasteiger partial charge >= 0.3 is 0 Å². The number of para-hydroxylation sites is 1. The van der Waals surface area contributed by atoms with Gasteiger partial charge in [-0.2, -0.15) is 0 Å². The first-order valence-electron chi connectivity index (χ1n) is 10.4. The summed E-state index contributed by atoms with van der Waals surface area (Å²) in [6.45, 7) is 5.06. The van der Waals surface area contributed by atoms with Gasteiger partial charge in [0, 0.05) is 54.3 Å². The first-order valence-corrected chi connectivity index (χ1v) is 10.4. The Bertz CT molecular complexity index is 1240. The molecule has 0 fully saturated rings. The average molecular weight is 404 g/mol. The Balaban J connectivity index is 1.32. The molecule has 0 saturated heterocycles. The van der Waals surface area contributed by atoms with Crippen molar-refractivity contribution in [3.8, 4) is 5.75 Å². The molecule has 5 rings (SSSR count). The molecule has 0 spiro atoms. The van der Waals surface area contributed by atoms with Gasteiger partial charge in [-0.3, -0.25) is 4.90 Å². The molecule has 4 nitrogen and oxygen atoms in total. The van der Waals surface area contributed by atoms with E-state index in [-0.39, 0.29) is 5.82 Å². The van der Waals surface area contributed by atoms with Gasteiger partial charge in [0.05, 0.1) is 18.9 Å². The highest BCUT2D eigenvalue weighted by atomic mass is 19.1. The molecule has 2 aromatic carbocycles. The van der Waals surface area contributed by atoms with Crippen molar-refractivity contribution in [1.29, 1.82) is 0 Å². The van der Waals surface area contributed by atoms with Crippen molar-refractivity contribution in [2.75, 3.05) is 26.7 Å². The van der Waals surface area contributed by atoms with Gasteiger partial charge in [0.15, 0.2) is 11.3 Å². The number of benzene rings is 2. The van der Waals surface area contributed by atoms with Crippen molar-refractivity contribution in [3.05, 3.63) is 72.4 Å². The molecule has 0 amide bonds. The highest BCUT2D eigenvalue weighted by molar-refractivity contribution is 5.86. The lowest BCUT2D eigenvalue weighted by molar-refractivity contribution is 0.285. The van der Waals surface area contributed by atoms with Crippen molar-refractivity contribution >= 4 is 27.6 Å². The summed E-state index contributed by atoms with van der Waals surface area (Å²) < 4.78 is 27.1. The van der Waals surface area contributed by atoms with Gasteiger partial charge in [-0.05, 0) is 36.2 Å². The zero-order valence-electron chi connectivity index (χ0n) is 17.3. The number of halogens is 1. The van der Waals surface area contributed by atoms with E-state index in [4.69, 9.17) is 9.15 Å². The lowest BCUT2D eigenvalue weighted by Gasteiger charge is -2.29. The Morgan fingerprint density at radius 1 is 1.20 bits per heavy atom. The van der Waals surface area contributed by atoms with Gasteiger partial charge in [0.1, 0.15) is 5.82 Å². The van der Waals surface area contributed by atoms with Gasteiger partial charge in [0.2, 0.25) is 0 Å². The van der Waals surface area contributed by atoms with Crippen molar-refractivity contribution in [2.24, 2.45) is 0 Å². The summed E-state index contributed by atoms with van der Waals surface area (Å²) in [6, 6.07) is 13.0. The maximum atomic E-state index is 13.7. The molecule has 1 unspecified atom stereocenters. The minimum Gasteiger partial charge on any atom is -0.493 e. The molecule has 3 heterocycles. The number of nitrogens with zero attached hydrogens (tertiary/aromatic N) is 2. The predicted molar refractivity (Wildman–Crippen MR) is 118 cm³/mol. The number of hydrogen-bond acceptors (Lipinski definition) is 3. The Kier molecular flexibility index (Phi) is 4.83. The molecule has 2 aromatic heterocycles. The standard InChI is InChI=1S/C25H25FN2O2/c1-17(22-16-30-25-21(22)4-3-5-24(25)29-2)15-27-11-9-20(10-12-27)28-13-8-18-6-7-19(26)14-23(18)28/h3-9,13-14,16-17H,10-12,15H2,1-2H3. The highest BCUT2D eigenvalue weighted by Crippen LogP contribution is 2.34. The van der Waals surface area contributed by atoms with Crippen LogP contribution in [-0.4, -0.2) is 36.2 Å².